The minimum atomic E-state index is -0.473. The first kappa shape index (κ1) is 14.5. The van der Waals surface area contributed by atoms with Crippen molar-refractivity contribution in [2.45, 2.75) is 6.42 Å². The highest BCUT2D eigenvalue weighted by Crippen LogP contribution is 2.39. The number of nitro groups is 1. The number of nitrogens with zero attached hydrogens (tertiary/aromatic N) is 3. The molecule has 1 N–H and O–H groups in total. The lowest BCUT2D eigenvalue weighted by molar-refractivity contribution is -0.384. The molecule has 0 radical (unpaired) electrons. The van der Waals surface area contributed by atoms with Crippen LogP contribution in [-0.2, 0) is 6.42 Å². The van der Waals surface area contributed by atoms with E-state index in [0.717, 1.165) is 5.56 Å². The summed E-state index contributed by atoms with van der Waals surface area (Å²) < 4.78 is 0.632. The van der Waals surface area contributed by atoms with Gasteiger partial charge in [-0.2, -0.15) is 0 Å². The zero-order valence-corrected chi connectivity index (χ0v) is 12.9. The van der Waals surface area contributed by atoms with Crippen LogP contribution in [0.25, 0.3) is 0 Å². The summed E-state index contributed by atoms with van der Waals surface area (Å²) in [5, 5.41) is 14.0. The number of nitro benzene ring substituents is 1. The molecule has 0 saturated carbocycles. The van der Waals surface area contributed by atoms with Crippen molar-refractivity contribution >= 4 is 39.0 Å². The molecule has 112 valence electrons. The third kappa shape index (κ3) is 2.64. The standard InChI is InChI=1S/C14H11BrN4O3/c15-10-6-9-3-5-18(13(9)12(7-10)19(21)22)14(20)17-11-2-1-4-16-8-11/h1-2,4,6-8H,3,5H2,(H,17,20). The van der Waals surface area contributed by atoms with Crippen LogP contribution in [-0.4, -0.2) is 22.5 Å². The highest BCUT2D eigenvalue weighted by atomic mass is 79.9. The molecule has 0 spiro atoms. The monoisotopic (exact) mass is 362 g/mol. The van der Waals surface area contributed by atoms with E-state index in [1.807, 2.05) is 0 Å². The summed E-state index contributed by atoms with van der Waals surface area (Å²) in [6.07, 6.45) is 3.70. The van der Waals surface area contributed by atoms with Gasteiger partial charge in [0, 0.05) is 23.3 Å². The lowest BCUT2D eigenvalue weighted by atomic mass is 10.1. The summed E-state index contributed by atoms with van der Waals surface area (Å²) in [7, 11) is 0. The van der Waals surface area contributed by atoms with Crippen LogP contribution in [0.5, 0.6) is 0 Å². The van der Waals surface area contributed by atoms with Gasteiger partial charge in [0.1, 0.15) is 5.69 Å². The number of carbonyl (C=O) groups excluding carboxylic acids is 1. The van der Waals surface area contributed by atoms with Crippen molar-refractivity contribution in [3.8, 4) is 0 Å². The summed E-state index contributed by atoms with van der Waals surface area (Å²) >= 11 is 3.26. The Morgan fingerprint density at radius 2 is 2.27 bits per heavy atom. The third-order valence-corrected chi connectivity index (χ3v) is 3.82. The van der Waals surface area contributed by atoms with Crippen LogP contribution < -0.4 is 10.2 Å². The van der Waals surface area contributed by atoms with Crippen molar-refractivity contribution < 1.29 is 9.72 Å². The quantitative estimate of drug-likeness (QED) is 0.655. The van der Waals surface area contributed by atoms with Gasteiger partial charge in [-0.3, -0.25) is 20.0 Å². The number of benzene rings is 1. The van der Waals surface area contributed by atoms with E-state index in [1.54, 1.807) is 24.4 Å². The molecule has 0 aliphatic carbocycles. The van der Waals surface area contributed by atoms with Crippen LogP contribution in [0.4, 0.5) is 21.9 Å². The Morgan fingerprint density at radius 1 is 1.45 bits per heavy atom. The molecular formula is C14H11BrN4O3. The molecule has 7 nitrogen and oxygen atoms in total. The molecule has 0 atom stereocenters. The summed E-state index contributed by atoms with van der Waals surface area (Å²) in [5.74, 6) is 0. The Bertz CT molecular complexity index is 751. The van der Waals surface area contributed by atoms with E-state index in [9.17, 15) is 14.9 Å². The average Bonchev–Trinajstić information content (AvgIpc) is 2.90. The fraction of sp³-hybridized carbons (Fsp3) is 0.143. The Hall–Kier alpha value is -2.48. The molecule has 0 fully saturated rings. The Morgan fingerprint density at radius 3 is 2.95 bits per heavy atom. The number of urea groups is 1. The van der Waals surface area contributed by atoms with Crippen LogP contribution in [0.15, 0.2) is 41.1 Å². The van der Waals surface area contributed by atoms with E-state index in [4.69, 9.17) is 0 Å². The normalized spacial score (nSPS) is 12.9. The van der Waals surface area contributed by atoms with Gasteiger partial charge in [0.2, 0.25) is 0 Å². The Labute approximate surface area is 134 Å². The number of aromatic nitrogens is 1. The van der Waals surface area contributed by atoms with E-state index in [-0.39, 0.29) is 5.69 Å². The summed E-state index contributed by atoms with van der Waals surface area (Å²) in [6.45, 7) is 0.402. The molecule has 0 unspecified atom stereocenters. The minimum absolute atomic E-state index is 0.0804. The van der Waals surface area contributed by atoms with Crippen molar-refractivity contribution in [1.82, 2.24) is 4.98 Å². The number of rotatable bonds is 2. The first-order valence-electron chi connectivity index (χ1n) is 6.51. The molecule has 1 aromatic heterocycles. The number of anilines is 2. The third-order valence-electron chi connectivity index (χ3n) is 3.36. The lowest BCUT2D eigenvalue weighted by Gasteiger charge is -2.18. The molecule has 2 heterocycles. The molecule has 0 bridgehead atoms. The fourth-order valence-electron chi connectivity index (χ4n) is 2.46. The molecule has 0 saturated heterocycles. The van der Waals surface area contributed by atoms with Crippen molar-refractivity contribution in [2.75, 3.05) is 16.8 Å². The number of hydrogen-bond donors (Lipinski definition) is 1. The van der Waals surface area contributed by atoms with E-state index in [1.165, 1.54) is 17.2 Å². The van der Waals surface area contributed by atoms with Gasteiger partial charge in [-0.25, -0.2) is 4.79 Å². The van der Waals surface area contributed by atoms with Crippen LogP contribution in [0, 0.1) is 10.1 Å². The second-order valence-corrected chi connectivity index (χ2v) is 5.68. The van der Waals surface area contributed by atoms with Crippen LogP contribution >= 0.6 is 15.9 Å². The van der Waals surface area contributed by atoms with Gasteiger partial charge in [0.15, 0.2) is 0 Å². The van der Waals surface area contributed by atoms with Gasteiger partial charge in [0.25, 0.3) is 5.69 Å². The number of amides is 2. The molecule has 2 aromatic rings. The second-order valence-electron chi connectivity index (χ2n) is 4.76. The highest BCUT2D eigenvalue weighted by molar-refractivity contribution is 9.10. The zero-order valence-electron chi connectivity index (χ0n) is 11.3. The number of carbonyl (C=O) groups is 1. The van der Waals surface area contributed by atoms with Crippen molar-refractivity contribution in [3.63, 3.8) is 0 Å². The van der Waals surface area contributed by atoms with Crippen molar-refractivity contribution in [1.29, 1.82) is 0 Å². The van der Waals surface area contributed by atoms with E-state index < -0.39 is 11.0 Å². The lowest BCUT2D eigenvalue weighted by Crippen LogP contribution is -2.33. The van der Waals surface area contributed by atoms with Gasteiger partial charge in [-0.1, -0.05) is 15.9 Å². The average molecular weight is 363 g/mol. The molecule has 1 aliphatic heterocycles. The van der Waals surface area contributed by atoms with Gasteiger partial charge in [-0.05, 0) is 30.2 Å². The van der Waals surface area contributed by atoms with Gasteiger partial charge in [0.05, 0.1) is 16.8 Å². The fourth-order valence-corrected chi connectivity index (χ4v) is 2.95. The number of fused-ring (bicyclic) bond motifs is 1. The van der Waals surface area contributed by atoms with Gasteiger partial charge >= 0.3 is 6.03 Å². The predicted molar refractivity (Wildman–Crippen MR) is 85.1 cm³/mol. The first-order chi connectivity index (χ1) is 10.6. The molecule has 22 heavy (non-hydrogen) atoms. The summed E-state index contributed by atoms with van der Waals surface area (Å²) in [6, 6.07) is 6.22. The first-order valence-corrected chi connectivity index (χ1v) is 7.31. The Kier molecular flexibility index (Phi) is 3.76. The number of pyridine rings is 1. The molecule has 1 aromatic carbocycles. The highest BCUT2D eigenvalue weighted by Gasteiger charge is 2.32. The van der Waals surface area contributed by atoms with Crippen LogP contribution in [0.2, 0.25) is 0 Å². The molecule has 2 amide bonds. The zero-order chi connectivity index (χ0) is 15.7. The predicted octanol–water partition coefficient (Wildman–Crippen LogP) is 3.35. The molecule has 1 aliphatic rings. The van der Waals surface area contributed by atoms with Crippen molar-refractivity contribution in [3.05, 3.63) is 56.8 Å². The summed E-state index contributed by atoms with van der Waals surface area (Å²) in [4.78, 5) is 28.5. The molecular weight excluding hydrogens is 352 g/mol. The second kappa shape index (κ2) is 5.72. The Balaban J connectivity index is 1.94. The molecule has 8 heteroatoms. The number of hydrogen-bond acceptors (Lipinski definition) is 4. The number of halogens is 1. The van der Waals surface area contributed by atoms with E-state index in [0.29, 0.717) is 28.8 Å². The van der Waals surface area contributed by atoms with Gasteiger partial charge < -0.3 is 5.32 Å². The topological polar surface area (TPSA) is 88.4 Å². The van der Waals surface area contributed by atoms with Crippen LogP contribution in [0.3, 0.4) is 0 Å². The van der Waals surface area contributed by atoms with E-state index >= 15 is 0 Å². The smallest absolute Gasteiger partial charge is 0.306 e. The maximum atomic E-state index is 12.4. The van der Waals surface area contributed by atoms with E-state index in [2.05, 4.69) is 26.2 Å². The largest absolute Gasteiger partial charge is 0.326 e. The summed E-state index contributed by atoms with van der Waals surface area (Å²) in [5.41, 5.74) is 1.60. The molecule has 3 rings (SSSR count). The van der Waals surface area contributed by atoms with Gasteiger partial charge in [-0.15, -0.1) is 0 Å². The van der Waals surface area contributed by atoms with Crippen molar-refractivity contribution in [2.24, 2.45) is 0 Å². The number of nitrogens with one attached hydrogen (secondary N) is 1. The SMILES string of the molecule is O=C(Nc1cccnc1)N1CCc2cc(Br)cc([N+](=O)[O-])c21. The maximum Gasteiger partial charge on any atom is 0.326 e. The van der Waals surface area contributed by atoms with Crippen LogP contribution in [0.1, 0.15) is 5.56 Å². The maximum absolute atomic E-state index is 12.4. The minimum Gasteiger partial charge on any atom is -0.306 e.